The molecule has 1 aromatic heterocycles. The highest BCUT2D eigenvalue weighted by Crippen LogP contribution is 2.46. The SMILES string of the molecule is CC(ON=C(C(=O)NC1(C=S)C(=O)N2C(C(=O)O)=C(C3=NC(=N)CC(N)N3N)CS[C@H]21)c1csc(N)n1)C(=O)O. The van der Waals surface area contributed by atoms with Crippen LogP contribution in [-0.4, -0.2) is 101 Å². The second kappa shape index (κ2) is 10.9. The van der Waals surface area contributed by atoms with Gasteiger partial charge in [-0.1, -0.05) is 17.4 Å². The van der Waals surface area contributed by atoms with Crippen molar-refractivity contribution >= 4 is 87.0 Å². The molecule has 1 aromatic rings. The molecule has 40 heavy (non-hydrogen) atoms. The van der Waals surface area contributed by atoms with E-state index in [1.54, 1.807) is 0 Å². The summed E-state index contributed by atoms with van der Waals surface area (Å²) in [6, 6.07) is 0. The van der Waals surface area contributed by atoms with Crippen LogP contribution in [0.2, 0.25) is 0 Å². The number of nitrogens with zero attached hydrogens (tertiary/aromatic N) is 5. The number of amidine groups is 2. The molecule has 10 N–H and O–H groups in total. The molecular weight excluding hydrogens is 588 g/mol. The first-order valence-corrected chi connectivity index (χ1v) is 13.6. The normalized spacial score (nSPS) is 25.5. The minimum absolute atomic E-state index is 0.0355. The monoisotopic (exact) mass is 610 g/mol. The minimum Gasteiger partial charge on any atom is -0.478 e. The summed E-state index contributed by atoms with van der Waals surface area (Å²) in [5, 5.41) is 35.6. The molecule has 0 saturated carbocycles. The molecule has 4 atom stereocenters. The molecule has 4 rings (SSSR count). The van der Waals surface area contributed by atoms with Crippen LogP contribution in [0.3, 0.4) is 0 Å². The van der Waals surface area contributed by atoms with Gasteiger partial charge in [0.15, 0.2) is 22.2 Å². The number of nitrogen functional groups attached to an aromatic ring is 1. The third-order valence-electron chi connectivity index (χ3n) is 5.96. The zero-order chi connectivity index (χ0) is 29.5. The first-order chi connectivity index (χ1) is 18.8. The van der Waals surface area contributed by atoms with Gasteiger partial charge in [0.25, 0.3) is 11.8 Å². The molecule has 0 spiro atoms. The molecule has 3 aliphatic rings. The largest absolute Gasteiger partial charge is 0.478 e. The molecule has 1 saturated heterocycles. The Hall–Kier alpha value is -3.98. The summed E-state index contributed by atoms with van der Waals surface area (Å²) in [4.78, 5) is 64.3. The summed E-state index contributed by atoms with van der Waals surface area (Å²) >= 11 is 7.16. The Morgan fingerprint density at radius 3 is 2.70 bits per heavy atom. The molecule has 0 aliphatic carbocycles. The minimum atomic E-state index is -1.86. The number of amides is 2. The Balaban J connectivity index is 1.68. The van der Waals surface area contributed by atoms with Gasteiger partial charge in [0.2, 0.25) is 6.10 Å². The van der Waals surface area contributed by atoms with Crippen LogP contribution in [0.1, 0.15) is 19.0 Å². The lowest BCUT2D eigenvalue weighted by Gasteiger charge is -2.55. The van der Waals surface area contributed by atoms with Gasteiger partial charge in [-0.15, -0.1) is 23.1 Å². The van der Waals surface area contributed by atoms with Crippen molar-refractivity contribution in [2.75, 3.05) is 11.5 Å². The van der Waals surface area contributed by atoms with Crippen molar-refractivity contribution in [2.24, 2.45) is 21.7 Å². The molecular formula is C20H22N10O7S3. The summed E-state index contributed by atoms with van der Waals surface area (Å²) < 4.78 is 0. The fourth-order valence-electron chi connectivity index (χ4n) is 3.94. The van der Waals surface area contributed by atoms with Gasteiger partial charge in [-0.25, -0.2) is 25.4 Å². The maximum absolute atomic E-state index is 13.5. The zero-order valence-electron chi connectivity index (χ0n) is 20.4. The number of hydrogen-bond donors (Lipinski definition) is 7. The van der Waals surface area contributed by atoms with Crippen LogP contribution >= 0.6 is 35.3 Å². The fourth-order valence-corrected chi connectivity index (χ4v) is 6.29. The molecule has 4 heterocycles. The highest BCUT2D eigenvalue weighted by atomic mass is 32.2. The third kappa shape index (κ3) is 4.90. The van der Waals surface area contributed by atoms with E-state index < -0.39 is 58.3 Å². The van der Waals surface area contributed by atoms with Gasteiger partial charge >= 0.3 is 11.9 Å². The van der Waals surface area contributed by atoms with E-state index in [0.717, 1.165) is 38.4 Å². The van der Waals surface area contributed by atoms with Crippen LogP contribution in [0.25, 0.3) is 0 Å². The van der Waals surface area contributed by atoms with Crippen molar-refractivity contribution in [3.63, 3.8) is 0 Å². The number of carboxylic acids is 2. The number of aliphatic carboxylic acids is 2. The number of oxime groups is 1. The number of rotatable bonds is 9. The van der Waals surface area contributed by atoms with Gasteiger partial charge in [0.1, 0.15) is 28.8 Å². The van der Waals surface area contributed by atoms with Crippen molar-refractivity contribution < 1.29 is 34.2 Å². The number of carboxylic acid groups (broad SMARTS) is 2. The standard InChI is InChI=1S/C20H22N10O7S3/c1-6(15(32)33)37-28-11(8-4-40-19(23)25-8)14(31)27-20(5-38)17(36)29-12(16(34)35)7(3-39-18(20)29)13-26-9(21)2-10(22)30(13)24/h4-6,10,18,21H,2-3,22,24H2,1H3,(H2,23,25)(H,27,31)(H,32,33)(H,34,35)/t6?,10?,18-,20?/m0/s1. The predicted octanol–water partition coefficient (Wildman–Crippen LogP) is -1.73. The number of thioether (sulfide) groups is 1. The Morgan fingerprint density at radius 1 is 1.43 bits per heavy atom. The number of hydrogen-bond acceptors (Lipinski definition) is 15. The number of nitrogens with two attached hydrogens (primary N) is 3. The van der Waals surface area contributed by atoms with E-state index in [0.29, 0.717) is 0 Å². The summed E-state index contributed by atoms with van der Waals surface area (Å²) in [6.07, 6.45) is -2.22. The van der Waals surface area contributed by atoms with Gasteiger partial charge < -0.3 is 31.8 Å². The number of carbonyl (C=O) groups is 4. The number of aliphatic imine (C=N–C) groups is 1. The molecule has 212 valence electrons. The predicted molar refractivity (Wildman–Crippen MR) is 147 cm³/mol. The number of β-lactam (4-membered cyclic amide) rings is 1. The van der Waals surface area contributed by atoms with Crippen molar-refractivity contribution in [1.82, 2.24) is 20.2 Å². The Bertz CT molecular complexity index is 1420. The number of nitrogens with one attached hydrogen (secondary N) is 2. The Morgan fingerprint density at radius 2 is 2.12 bits per heavy atom. The smallest absolute Gasteiger partial charge is 0.353 e. The number of thiazole rings is 1. The zero-order valence-corrected chi connectivity index (χ0v) is 22.9. The second-order valence-corrected chi connectivity index (χ2v) is 10.8. The molecule has 20 heteroatoms. The molecule has 2 amide bonds. The van der Waals surface area contributed by atoms with Crippen molar-refractivity contribution in [1.29, 1.82) is 5.41 Å². The van der Waals surface area contributed by atoms with E-state index in [4.69, 9.17) is 44.9 Å². The first-order valence-electron chi connectivity index (χ1n) is 11.2. The lowest BCUT2D eigenvalue weighted by molar-refractivity contribution is -0.153. The number of anilines is 1. The van der Waals surface area contributed by atoms with E-state index in [9.17, 15) is 24.3 Å². The third-order valence-corrected chi connectivity index (χ3v) is 8.36. The fraction of sp³-hybridized carbons (Fsp3) is 0.350. The number of carbonyl (C=O) groups excluding carboxylic acids is 2. The van der Waals surface area contributed by atoms with Crippen molar-refractivity contribution in [2.45, 2.75) is 36.5 Å². The summed E-state index contributed by atoms with van der Waals surface area (Å²) in [5.74, 6) is 1.08. The lowest BCUT2D eigenvalue weighted by atomic mass is 9.87. The molecule has 0 bridgehead atoms. The Labute approximate surface area is 238 Å². The van der Waals surface area contributed by atoms with Crippen LogP contribution in [-0.2, 0) is 24.0 Å². The maximum atomic E-state index is 13.5. The van der Waals surface area contributed by atoms with Crippen molar-refractivity contribution in [3.05, 3.63) is 22.3 Å². The van der Waals surface area contributed by atoms with Crippen LogP contribution in [0.15, 0.2) is 26.8 Å². The number of hydrazine groups is 1. The molecule has 17 nitrogen and oxygen atoms in total. The molecule has 3 unspecified atom stereocenters. The number of thiocarbonyl (C=S) groups is 1. The van der Waals surface area contributed by atoms with E-state index in [1.165, 1.54) is 12.3 Å². The van der Waals surface area contributed by atoms with Gasteiger partial charge in [0, 0.05) is 28.5 Å². The highest BCUT2D eigenvalue weighted by Gasteiger charge is 2.65. The number of fused-ring (bicyclic) bond motifs is 1. The lowest BCUT2D eigenvalue weighted by Crippen LogP contribution is -2.81. The molecule has 3 aliphatic heterocycles. The van der Waals surface area contributed by atoms with Crippen LogP contribution < -0.4 is 22.6 Å². The van der Waals surface area contributed by atoms with Gasteiger partial charge in [-0.3, -0.25) is 24.9 Å². The van der Waals surface area contributed by atoms with Gasteiger partial charge in [0.05, 0.1) is 0 Å². The molecule has 0 aromatic carbocycles. The molecule has 0 radical (unpaired) electrons. The van der Waals surface area contributed by atoms with Gasteiger partial charge in [-0.05, 0) is 6.92 Å². The topological polar surface area (TPSA) is 276 Å². The van der Waals surface area contributed by atoms with E-state index >= 15 is 0 Å². The van der Waals surface area contributed by atoms with Gasteiger partial charge in [-0.2, -0.15) is 0 Å². The maximum Gasteiger partial charge on any atom is 0.353 e. The van der Waals surface area contributed by atoms with Crippen LogP contribution in [0.5, 0.6) is 0 Å². The van der Waals surface area contributed by atoms with Crippen LogP contribution in [0, 0.1) is 5.41 Å². The summed E-state index contributed by atoms with van der Waals surface area (Å²) in [5.41, 5.74) is 8.81. The number of aromatic nitrogens is 1. The van der Waals surface area contributed by atoms with Crippen molar-refractivity contribution in [3.8, 4) is 0 Å². The molecule has 1 fully saturated rings. The quantitative estimate of drug-likeness (QED) is 0.0538. The van der Waals surface area contributed by atoms with Crippen LogP contribution in [0.4, 0.5) is 5.13 Å². The van der Waals surface area contributed by atoms with E-state index in [1.807, 2.05) is 0 Å². The summed E-state index contributed by atoms with van der Waals surface area (Å²) in [7, 11) is 0. The Kier molecular flexibility index (Phi) is 7.90. The average Bonchev–Trinajstić information content (AvgIpc) is 3.33. The van der Waals surface area contributed by atoms with E-state index in [-0.39, 0.29) is 40.2 Å². The first kappa shape index (κ1) is 29.0. The summed E-state index contributed by atoms with van der Waals surface area (Å²) in [6.45, 7) is 1.19. The highest BCUT2D eigenvalue weighted by molar-refractivity contribution is 8.00. The second-order valence-electron chi connectivity index (χ2n) is 8.57. The van der Waals surface area contributed by atoms with E-state index in [2.05, 4.69) is 20.4 Å². The average molecular weight is 611 g/mol.